The third kappa shape index (κ3) is 4.45. The molecule has 0 spiro atoms. The average molecular weight is 547 g/mol. The van der Waals surface area contributed by atoms with Crippen LogP contribution in [0, 0.1) is 0 Å². The molecule has 0 unspecified atom stereocenters. The van der Waals surface area contributed by atoms with Crippen LogP contribution in [0.3, 0.4) is 0 Å². The number of benzene rings is 3. The van der Waals surface area contributed by atoms with Gasteiger partial charge in [0.2, 0.25) is 0 Å². The van der Waals surface area contributed by atoms with Crippen molar-refractivity contribution in [3.63, 3.8) is 0 Å². The number of rotatable bonds is 2. The molecule has 39 heavy (non-hydrogen) atoms. The summed E-state index contributed by atoms with van der Waals surface area (Å²) < 4.78 is 28.0. The lowest BCUT2D eigenvalue weighted by atomic mass is 9.73. The summed E-state index contributed by atoms with van der Waals surface area (Å²) in [6.45, 7) is 20.0. The van der Waals surface area contributed by atoms with E-state index in [0.29, 0.717) is 0 Å². The number of aliphatic hydroxyl groups is 1. The molecule has 5 rings (SSSR count). The zero-order valence-corrected chi connectivity index (χ0v) is 25.8. The van der Waals surface area contributed by atoms with Gasteiger partial charge >= 0.3 is 7.60 Å². The maximum atomic E-state index is 15.3. The van der Waals surface area contributed by atoms with E-state index < -0.39 is 12.8 Å². The zero-order valence-electron chi connectivity index (χ0n) is 24.9. The Morgan fingerprint density at radius 2 is 1.05 bits per heavy atom. The van der Waals surface area contributed by atoms with Gasteiger partial charge in [0.25, 0.3) is 0 Å². The van der Waals surface area contributed by atoms with E-state index in [2.05, 4.69) is 111 Å². The Balaban J connectivity index is 2.02. The van der Waals surface area contributed by atoms with Crippen LogP contribution in [0.4, 0.5) is 0 Å². The van der Waals surface area contributed by atoms with Crippen LogP contribution in [0.15, 0.2) is 54.6 Å². The van der Waals surface area contributed by atoms with E-state index in [9.17, 15) is 5.11 Å². The lowest BCUT2D eigenvalue weighted by Crippen LogP contribution is -2.40. The minimum atomic E-state index is -3.80. The molecule has 5 heteroatoms. The Hall–Kier alpha value is -2.23. The van der Waals surface area contributed by atoms with E-state index in [1.807, 2.05) is 6.07 Å². The summed E-state index contributed by atoms with van der Waals surface area (Å²) in [6.07, 6.45) is 0. The van der Waals surface area contributed by atoms with Crippen molar-refractivity contribution in [2.45, 2.75) is 104 Å². The van der Waals surface area contributed by atoms with Gasteiger partial charge in [0.1, 0.15) is 5.16 Å². The van der Waals surface area contributed by atoms with Crippen LogP contribution in [0.1, 0.15) is 112 Å². The second-order valence-corrected chi connectivity index (χ2v) is 16.5. The summed E-state index contributed by atoms with van der Waals surface area (Å²) in [5, 5.41) is 9.49. The van der Waals surface area contributed by atoms with Gasteiger partial charge in [-0.2, -0.15) is 0 Å². The summed E-state index contributed by atoms with van der Waals surface area (Å²) in [7, 11) is -3.80. The molecule has 0 radical (unpaired) electrons. The Morgan fingerprint density at radius 1 is 0.667 bits per heavy atom. The van der Waals surface area contributed by atoms with E-state index in [4.69, 9.17) is 9.05 Å². The minimum Gasteiger partial charge on any atom is -0.392 e. The molecule has 0 saturated carbocycles. The van der Waals surface area contributed by atoms with Crippen molar-refractivity contribution < 1.29 is 18.7 Å². The van der Waals surface area contributed by atoms with Crippen LogP contribution in [0.2, 0.25) is 0 Å². The van der Waals surface area contributed by atoms with Gasteiger partial charge in [-0.05, 0) is 66.3 Å². The average Bonchev–Trinajstić information content (AvgIpc) is 2.85. The van der Waals surface area contributed by atoms with E-state index >= 15 is 4.57 Å². The topological polar surface area (TPSA) is 55.8 Å². The SMILES string of the molecule is CC(C)(C)c1ccc(CO)c(C23c4cc(C(C)(C)C)ccc4COP2(=O)OCc2ccc(C(C)(C)C)cc23)c1. The van der Waals surface area contributed by atoms with Crippen LogP contribution in [0.5, 0.6) is 0 Å². The van der Waals surface area contributed by atoms with Gasteiger partial charge in [-0.25, -0.2) is 0 Å². The molecule has 0 aromatic heterocycles. The molecule has 0 bridgehead atoms. The van der Waals surface area contributed by atoms with Crippen molar-refractivity contribution in [1.29, 1.82) is 0 Å². The molecule has 2 aliphatic heterocycles. The summed E-state index contributed by atoms with van der Waals surface area (Å²) in [5.41, 5.74) is 8.49. The summed E-state index contributed by atoms with van der Waals surface area (Å²) >= 11 is 0. The molecule has 2 heterocycles. The highest BCUT2D eigenvalue weighted by Gasteiger charge is 2.62. The first-order valence-corrected chi connectivity index (χ1v) is 15.5. The van der Waals surface area contributed by atoms with Gasteiger partial charge in [0.05, 0.1) is 19.8 Å². The van der Waals surface area contributed by atoms with Crippen molar-refractivity contribution in [1.82, 2.24) is 0 Å². The summed E-state index contributed by atoms with van der Waals surface area (Å²) in [6, 6.07) is 19.2. The molecule has 2 aliphatic rings. The Labute approximate surface area is 234 Å². The monoisotopic (exact) mass is 546 g/mol. The third-order valence-corrected chi connectivity index (χ3v) is 10.9. The first-order chi connectivity index (χ1) is 18.0. The molecular weight excluding hydrogens is 503 g/mol. The van der Waals surface area contributed by atoms with Crippen LogP contribution in [0.25, 0.3) is 0 Å². The molecule has 208 valence electrons. The highest BCUT2D eigenvalue weighted by Crippen LogP contribution is 2.76. The van der Waals surface area contributed by atoms with Gasteiger partial charge in [-0.15, -0.1) is 0 Å². The Morgan fingerprint density at radius 3 is 1.44 bits per heavy atom. The molecule has 3 aromatic carbocycles. The maximum absolute atomic E-state index is 15.3. The number of hydrogen-bond donors (Lipinski definition) is 1. The standard InChI is InChI=1S/C34H43O4P/c1-31(2,3)25-13-10-22(19-35)28(16-25)34-29-17-26(32(4,5)6)14-11-23(29)20-37-39(34,36)38-21-24-12-15-27(18-30(24)34)33(7,8)9/h10-18,35H,19-21H2,1-9H3. The second kappa shape index (κ2) is 9.14. The van der Waals surface area contributed by atoms with E-state index in [0.717, 1.165) is 50.1 Å². The van der Waals surface area contributed by atoms with Gasteiger partial charge in [0, 0.05) is 0 Å². The van der Waals surface area contributed by atoms with Crippen LogP contribution in [-0.2, 0) is 54.8 Å². The van der Waals surface area contributed by atoms with E-state index in [1.54, 1.807) is 0 Å². The van der Waals surface area contributed by atoms with Crippen molar-refractivity contribution in [3.8, 4) is 0 Å². The lowest BCUT2D eigenvalue weighted by Gasteiger charge is -2.49. The van der Waals surface area contributed by atoms with Gasteiger partial charge in [-0.1, -0.05) is 117 Å². The van der Waals surface area contributed by atoms with Crippen molar-refractivity contribution in [2.75, 3.05) is 0 Å². The fourth-order valence-corrected chi connectivity index (χ4v) is 8.54. The predicted molar refractivity (Wildman–Crippen MR) is 158 cm³/mol. The minimum absolute atomic E-state index is 0.114. The molecule has 0 fully saturated rings. The molecule has 0 aliphatic carbocycles. The highest BCUT2D eigenvalue weighted by molar-refractivity contribution is 7.56. The summed E-state index contributed by atoms with van der Waals surface area (Å²) in [5.74, 6) is 0. The smallest absolute Gasteiger partial charge is 0.350 e. The zero-order chi connectivity index (χ0) is 28.6. The fourth-order valence-electron chi connectivity index (χ4n) is 5.95. The number of aliphatic hydroxyl groups excluding tert-OH is 1. The second-order valence-electron chi connectivity index (χ2n) is 14.3. The maximum Gasteiger partial charge on any atom is 0.350 e. The molecular formula is C34H43O4P. The molecule has 0 saturated heterocycles. The predicted octanol–water partition coefficient (Wildman–Crippen LogP) is 8.62. The van der Waals surface area contributed by atoms with Crippen LogP contribution < -0.4 is 0 Å². The van der Waals surface area contributed by atoms with Crippen molar-refractivity contribution >= 4 is 7.60 Å². The van der Waals surface area contributed by atoms with Gasteiger partial charge in [-0.3, -0.25) is 4.57 Å². The van der Waals surface area contributed by atoms with E-state index in [-0.39, 0.29) is 36.1 Å². The first-order valence-electron chi connectivity index (χ1n) is 13.9. The quantitative estimate of drug-likeness (QED) is 0.327. The van der Waals surface area contributed by atoms with E-state index in [1.165, 1.54) is 0 Å². The lowest BCUT2D eigenvalue weighted by molar-refractivity contribution is 0.159. The molecule has 0 atom stereocenters. The largest absolute Gasteiger partial charge is 0.392 e. The van der Waals surface area contributed by atoms with Crippen LogP contribution in [-0.4, -0.2) is 5.11 Å². The van der Waals surface area contributed by atoms with Crippen molar-refractivity contribution in [2.24, 2.45) is 0 Å². The summed E-state index contributed by atoms with van der Waals surface area (Å²) in [4.78, 5) is 0. The normalized spacial score (nSPS) is 23.1. The highest BCUT2D eigenvalue weighted by atomic mass is 31.2. The van der Waals surface area contributed by atoms with Gasteiger partial charge in [0.15, 0.2) is 0 Å². The molecule has 3 aromatic rings. The number of hydrogen-bond acceptors (Lipinski definition) is 4. The molecule has 4 nitrogen and oxygen atoms in total. The van der Waals surface area contributed by atoms with Crippen molar-refractivity contribution in [3.05, 3.63) is 105 Å². The Kier molecular flexibility index (Phi) is 6.64. The Bertz CT molecular complexity index is 1410. The first kappa shape index (κ1) is 28.3. The number of fused-ring (bicyclic) bond motifs is 5. The van der Waals surface area contributed by atoms with Gasteiger partial charge < -0.3 is 14.2 Å². The fraction of sp³-hybridized carbons (Fsp3) is 0.471. The third-order valence-electron chi connectivity index (χ3n) is 8.46. The van der Waals surface area contributed by atoms with Crippen LogP contribution >= 0.6 is 7.60 Å². The molecule has 0 amide bonds. The molecule has 1 N–H and O–H groups in total.